The minimum absolute atomic E-state index is 0.0746. The molecule has 2 rings (SSSR count). The summed E-state index contributed by atoms with van der Waals surface area (Å²) in [6, 6.07) is 0. The summed E-state index contributed by atoms with van der Waals surface area (Å²) < 4.78 is 4.96. The van der Waals surface area contributed by atoms with Gasteiger partial charge in [0.15, 0.2) is 0 Å². The number of nitrogens with zero attached hydrogens (tertiary/aromatic N) is 1. The molecule has 1 saturated heterocycles. The van der Waals surface area contributed by atoms with Gasteiger partial charge < -0.3 is 9.64 Å². The van der Waals surface area contributed by atoms with Crippen LogP contribution in [0.5, 0.6) is 0 Å². The van der Waals surface area contributed by atoms with Crippen molar-refractivity contribution in [2.45, 2.75) is 13.8 Å². The van der Waals surface area contributed by atoms with Gasteiger partial charge in [0.1, 0.15) is 0 Å². The van der Waals surface area contributed by atoms with Crippen molar-refractivity contribution >= 4 is 11.9 Å². The third-order valence-corrected chi connectivity index (χ3v) is 3.20. The smallest absolute Gasteiger partial charge is 0.309 e. The molecule has 4 heteroatoms. The van der Waals surface area contributed by atoms with Crippen LogP contribution in [0.4, 0.5) is 0 Å². The van der Waals surface area contributed by atoms with Gasteiger partial charge in [0.25, 0.3) is 0 Å². The van der Waals surface area contributed by atoms with E-state index < -0.39 is 0 Å². The Balaban J connectivity index is 1.85. The molecule has 0 spiro atoms. The van der Waals surface area contributed by atoms with Crippen LogP contribution in [0.15, 0.2) is 0 Å². The van der Waals surface area contributed by atoms with E-state index in [1.807, 2.05) is 11.8 Å². The largest absolute Gasteiger partial charge is 0.466 e. The summed E-state index contributed by atoms with van der Waals surface area (Å²) in [6.07, 6.45) is 0. The van der Waals surface area contributed by atoms with Gasteiger partial charge in [0.05, 0.1) is 12.5 Å². The van der Waals surface area contributed by atoms with E-state index in [1.54, 1.807) is 6.92 Å². The quantitative estimate of drug-likeness (QED) is 0.597. The van der Waals surface area contributed by atoms with Crippen LogP contribution in [0, 0.1) is 17.8 Å². The zero-order valence-electron chi connectivity index (χ0n) is 8.53. The average Bonchev–Trinajstić information content (AvgIpc) is 2.62. The van der Waals surface area contributed by atoms with Gasteiger partial charge >= 0.3 is 5.97 Å². The van der Waals surface area contributed by atoms with Crippen LogP contribution in [-0.2, 0) is 14.3 Å². The van der Waals surface area contributed by atoms with E-state index in [9.17, 15) is 9.59 Å². The highest BCUT2D eigenvalue weighted by molar-refractivity contribution is 5.79. The van der Waals surface area contributed by atoms with E-state index in [1.165, 1.54) is 0 Å². The highest BCUT2D eigenvalue weighted by Crippen LogP contribution is 2.52. The fraction of sp³-hybridized carbons (Fsp3) is 0.800. The molecular weight excluding hydrogens is 182 g/mol. The fourth-order valence-corrected chi connectivity index (χ4v) is 2.37. The monoisotopic (exact) mass is 197 g/mol. The van der Waals surface area contributed by atoms with Crippen LogP contribution in [0.2, 0.25) is 0 Å². The zero-order chi connectivity index (χ0) is 10.3. The number of carbonyl (C=O) groups is 2. The van der Waals surface area contributed by atoms with Gasteiger partial charge in [0, 0.05) is 20.0 Å². The van der Waals surface area contributed by atoms with E-state index in [2.05, 4.69) is 0 Å². The molecule has 2 atom stereocenters. The van der Waals surface area contributed by atoms with Crippen molar-refractivity contribution in [2.24, 2.45) is 17.8 Å². The number of amides is 1. The molecule has 4 nitrogen and oxygen atoms in total. The Hall–Kier alpha value is -1.06. The Morgan fingerprint density at radius 1 is 1.36 bits per heavy atom. The number of likely N-dealkylation sites (tertiary alicyclic amines) is 1. The molecule has 2 unspecified atom stereocenters. The predicted molar refractivity (Wildman–Crippen MR) is 49.4 cm³/mol. The van der Waals surface area contributed by atoms with Crippen LogP contribution in [0.25, 0.3) is 0 Å². The molecule has 78 valence electrons. The molecule has 0 bridgehead atoms. The van der Waals surface area contributed by atoms with Gasteiger partial charge in [0.2, 0.25) is 5.91 Å². The second-order valence-corrected chi connectivity index (χ2v) is 4.03. The van der Waals surface area contributed by atoms with Gasteiger partial charge in [-0.15, -0.1) is 0 Å². The minimum atomic E-state index is -0.0781. The topological polar surface area (TPSA) is 46.6 Å². The molecule has 1 saturated carbocycles. The first-order valence-corrected chi connectivity index (χ1v) is 5.07. The molecule has 0 aromatic carbocycles. The number of piperidine rings is 1. The predicted octanol–water partition coefficient (Wildman–Crippen LogP) is 0.274. The number of esters is 1. The van der Waals surface area contributed by atoms with Gasteiger partial charge in [-0.1, -0.05) is 0 Å². The lowest BCUT2D eigenvalue weighted by molar-refractivity contribution is -0.146. The highest BCUT2D eigenvalue weighted by atomic mass is 16.5. The number of fused-ring (bicyclic) bond motifs is 1. The Kier molecular flexibility index (Phi) is 2.21. The van der Waals surface area contributed by atoms with E-state index >= 15 is 0 Å². The number of hydrogen-bond donors (Lipinski definition) is 0. The van der Waals surface area contributed by atoms with Crippen LogP contribution >= 0.6 is 0 Å². The molecule has 14 heavy (non-hydrogen) atoms. The summed E-state index contributed by atoms with van der Waals surface area (Å²) in [7, 11) is 0. The molecule has 0 aromatic rings. The first-order chi connectivity index (χ1) is 6.65. The summed E-state index contributed by atoms with van der Waals surface area (Å²) >= 11 is 0. The molecule has 2 fully saturated rings. The zero-order valence-corrected chi connectivity index (χ0v) is 8.53. The molecule has 0 radical (unpaired) electrons. The van der Waals surface area contributed by atoms with Crippen molar-refractivity contribution in [1.82, 2.24) is 4.90 Å². The van der Waals surface area contributed by atoms with Crippen LogP contribution in [0.3, 0.4) is 0 Å². The Morgan fingerprint density at radius 2 is 1.93 bits per heavy atom. The van der Waals surface area contributed by atoms with Gasteiger partial charge in [-0.2, -0.15) is 0 Å². The Labute approximate surface area is 83.2 Å². The normalized spacial score (nSPS) is 33.9. The maximum absolute atomic E-state index is 11.4. The van der Waals surface area contributed by atoms with Gasteiger partial charge in [-0.05, 0) is 18.8 Å². The van der Waals surface area contributed by atoms with Crippen molar-refractivity contribution < 1.29 is 14.3 Å². The molecule has 1 aliphatic heterocycles. The molecule has 0 aromatic heterocycles. The molecular formula is C10H15NO3. The number of ether oxygens (including phenoxy) is 1. The van der Waals surface area contributed by atoms with Gasteiger partial charge in [-0.3, -0.25) is 9.59 Å². The summed E-state index contributed by atoms with van der Waals surface area (Å²) in [6.45, 7) is 5.32. The standard InChI is InChI=1S/C10H15NO3/c1-3-14-10(13)9-7-4-11(6(2)12)5-8(7)9/h7-9H,3-5H2,1-2H3. The van der Waals surface area contributed by atoms with Crippen LogP contribution < -0.4 is 0 Å². The molecule has 1 heterocycles. The summed E-state index contributed by atoms with van der Waals surface area (Å²) in [5, 5.41) is 0. The number of rotatable bonds is 2. The average molecular weight is 197 g/mol. The lowest BCUT2D eigenvalue weighted by Crippen LogP contribution is -2.30. The van der Waals surface area contributed by atoms with Crippen LogP contribution in [0.1, 0.15) is 13.8 Å². The Bertz CT molecular complexity index is 265. The van der Waals surface area contributed by atoms with Crippen molar-refractivity contribution in [3.63, 3.8) is 0 Å². The van der Waals surface area contributed by atoms with Crippen molar-refractivity contribution in [3.05, 3.63) is 0 Å². The SMILES string of the molecule is CCOC(=O)C1C2CN(C(C)=O)CC21. The Morgan fingerprint density at radius 3 is 2.36 bits per heavy atom. The molecule has 1 amide bonds. The highest BCUT2D eigenvalue weighted by Gasteiger charge is 2.60. The van der Waals surface area contributed by atoms with Crippen molar-refractivity contribution in [2.75, 3.05) is 19.7 Å². The third-order valence-electron chi connectivity index (χ3n) is 3.20. The molecule has 2 aliphatic rings. The lowest BCUT2D eigenvalue weighted by Gasteiger charge is -2.16. The summed E-state index contributed by atoms with van der Waals surface area (Å²) in [5.41, 5.74) is 0. The first kappa shape index (κ1) is 9.49. The summed E-state index contributed by atoms with van der Waals surface area (Å²) in [4.78, 5) is 24.2. The maximum atomic E-state index is 11.4. The van der Waals surface area contributed by atoms with E-state index in [0.29, 0.717) is 18.4 Å². The fourth-order valence-electron chi connectivity index (χ4n) is 2.37. The number of hydrogen-bond acceptors (Lipinski definition) is 3. The van der Waals surface area contributed by atoms with Crippen molar-refractivity contribution in [3.8, 4) is 0 Å². The second-order valence-electron chi connectivity index (χ2n) is 4.03. The van der Waals surface area contributed by atoms with Crippen LogP contribution in [-0.4, -0.2) is 36.5 Å². The lowest BCUT2D eigenvalue weighted by atomic mass is 10.2. The van der Waals surface area contributed by atoms with E-state index in [-0.39, 0.29) is 17.8 Å². The summed E-state index contributed by atoms with van der Waals surface area (Å²) in [5.74, 6) is 0.854. The van der Waals surface area contributed by atoms with E-state index in [0.717, 1.165) is 13.1 Å². The molecule has 0 N–H and O–H groups in total. The first-order valence-electron chi connectivity index (χ1n) is 5.07. The van der Waals surface area contributed by atoms with Crippen molar-refractivity contribution in [1.29, 1.82) is 0 Å². The molecule has 1 aliphatic carbocycles. The third kappa shape index (κ3) is 1.38. The van der Waals surface area contributed by atoms with E-state index in [4.69, 9.17) is 4.74 Å². The van der Waals surface area contributed by atoms with Gasteiger partial charge in [-0.25, -0.2) is 0 Å². The maximum Gasteiger partial charge on any atom is 0.309 e. The number of carbonyl (C=O) groups excluding carboxylic acids is 2. The minimum Gasteiger partial charge on any atom is -0.466 e. The second kappa shape index (κ2) is 3.26.